The van der Waals surface area contributed by atoms with E-state index in [0.717, 1.165) is 28.4 Å². The first kappa shape index (κ1) is 7.99. The molecule has 1 aliphatic rings. The molecule has 1 aromatic carbocycles. The van der Waals surface area contributed by atoms with Crippen LogP contribution in [0.1, 0.15) is 17.5 Å². The van der Waals surface area contributed by atoms with Gasteiger partial charge in [0.2, 0.25) is 0 Å². The Hall–Kier alpha value is -0.630. The van der Waals surface area contributed by atoms with Crippen molar-refractivity contribution >= 4 is 22.0 Å². The van der Waals surface area contributed by atoms with E-state index in [-0.39, 0.29) is 5.82 Å². The van der Waals surface area contributed by atoms with Crippen LogP contribution in [0.3, 0.4) is 0 Å². The SMILES string of the molecule is Fc1cc(Br)cc2c1C=CCC2. The number of halogens is 2. The molecule has 0 radical (unpaired) electrons. The van der Waals surface area contributed by atoms with Crippen LogP contribution in [0.2, 0.25) is 0 Å². The minimum absolute atomic E-state index is 0.129. The van der Waals surface area contributed by atoms with Crippen molar-refractivity contribution in [2.24, 2.45) is 0 Å². The number of fused-ring (bicyclic) bond motifs is 1. The Kier molecular flexibility index (Phi) is 2.01. The number of aryl methyl sites for hydroxylation is 1. The van der Waals surface area contributed by atoms with E-state index < -0.39 is 0 Å². The van der Waals surface area contributed by atoms with Crippen molar-refractivity contribution in [1.29, 1.82) is 0 Å². The minimum atomic E-state index is -0.129. The van der Waals surface area contributed by atoms with E-state index in [0.29, 0.717) is 0 Å². The van der Waals surface area contributed by atoms with Crippen LogP contribution in [-0.4, -0.2) is 0 Å². The van der Waals surface area contributed by atoms with E-state index in [9.17, 15) is 4.39 Å². The Balaban J connectivity index is 2.62. The maximum absolute atomic E-state index is 13.3. The molecule has 1 aliphatic carbocycles. The van der Waals surface area contributed by atoms with Crippen LogP contribution < -0.4 is 0 Å². The predicted octanol–water partition coefficient (Wildman–Crippen LogP) is 3.55. The Morgan fingerprint density at radius 3 is 3.00 bits per heavy atom. The fourth-order valence-electron chi connectivity index (χ4n) is 1.47. The van der Waals surface area contributed by atoms with Crippen LogP contribution in [0, 0.1) is 5.82 Å². The molecule has 0 aromatic heterocycles. The lowest BCUT2D eigenvalue weighted by atomic mass is 9.97. The lowest BCUT2D eigenvalue weighted by Crippen LogP contribution is -1.97. The highest BCUT2D eigenvalue weighted by molar-refractivity contribution is 9.10. The zero-order valence-corrected chi connectivity index (χ0v) is 8.07. The summed E-state index contributed by atoms with van der Waals surface area (Å²) >= 11 is 3.28. The standard InChI is InChI=1S/C10H8BrF/c11-8-5-7-3-1-2-4-9(7)10(12)6-8/h2,4-6H,1,3H2. The quantitative estimate of drug-likeness (QED) is 0.635. The van der Waals surface area contributed by atoms with Gasteiger partial charge >= 0.3 is 0 Å². The molecule has 62 valence electrons. The van der Waals surface area contributed by atoms with Crippen molar-refractivity contribution in [3.63, 3.8) is 0 Å². The van der Waals surface area contributed by atoms with Gasteiger partial charge in [-0.3, -0.25) is 0 Å². The van der Waals surface area contributed by atoms with Gasteiger partial charge in [0.05, 0.1) is 0 Å². The molecule has 0 saturated heterocycles. The van der Waals surface area contributed by atoms with Crippen molar-refractivity contribution in [3.8, 4) is 0 Å². The van der Waals surface area contributed by atoms with E-state index in [1.54, 1.807) is 0 Å². The van der Waals surface area contributed by atoms with E-state index >= 15 is 0 Å². The van der Waals surface area contributed by atoms with Crippen molar-refractivity contribution < 1.29 is 4.39 Å². The van der Waals surface area contributed by atoms with Crippen LogP contribution in [0.4, 0.5) is 4.39 Å². The summed E-state index contributed by atoms with van der Waals surface area (Å²) in [7, 11) is 0. The molecule has 0 amide bonds. The van der Waals surface area contributed by atoms with Gasteiger partial charge in [-0.2, -0.15) is 0 Å². The van der Waals surface area contributed by atoms with E-state index in [1.807, 2.05) is 18.2 Å². The summed E-state index contributed by atoms with van der Waals surface area (Å²) in [5.74, 6) is -0.129. The van der Waals surface area contributed by atoms with Gasteiger partial charge in [-0.1, -0.05) is 28.1 Å². The second-order valence-electron chi connectivity index (χ2n) is 2.90. The molecule has 1 aromatic rings. The molecule has 2 rings (SSSR count). The average molecular weight is 227 g/mol. The minimum Gasteiger partial charge on any atom is -0.206 e. The third-order valence-electron chi connectivity index (χ3n) is 2.04. The molecule has 0 heterocycles. The maximum atomic E-state index is 13.3. The molecular weight excluding hydrogens is 219 g/mol. The van der Waals surface area contributed by atoms with Gasteiger partial charge in [-0.05, 0) is 30.5 Å². The highest BCUT2D eigenvalue weighted by atomic mass is 79.9. The van der Waals surface area contributed by atoms with Crippen molar-refractivity contribution in [2.45, 2.75) is 12.8 Å². The highest BCUT2D eigenvalue weighted by Gasteiger charge is 2.09. The fraction of sp³-hybridized carbons (Fsp3) is 0.200. The van der Waals surface area contributed by atoms with E-state index in [2.05, 4.69) is 15.9 Å². The second kappa shape index (κ2) is 3.02. The smallest absolute Gasteiger partial charge is 0.131 e. The molecule has 0 N–H and O–H groups in total. The van der Waals surface area contributed by atoms with Crippen LogP contribution in [-0.2, 0) is 6.42 Å². The molecule has 0 aliphatic heterocycles. The fourth-order valence-corrected chi connectivity index (χ4v) is 1.95. The van der Waals surface area contributed by atoms with Gasteiger partial charge in [0.15, 0.2) is 0 Å². The molecule has 0 spiro atoms. The molecule has 0 atom stereocenters. The van der Waals surface area contributed by atoms with Gasteiger partial charge < -0.3 is 0 Å². The number of rotatable bonds is 0. The summed E-state index contributed by atoms with van der Waals surface area (Å²) in [6.45, 7) is 0. The Bertz CT molecular complexity index is 342. The summed E-state index contributed by atoms with van der Waals surface area (Å²) in [6.07, 6.45) is 5.84. The summed E-state index contributed by atoms with van der Waals surface area (Å²) in [5, 5.41) is 0. The third-order valence-corrected chi connectivity index (χ3v) is 2.50. The lowest BCUT2D eigenvalue weighted by molar-refractivity contribution is 0.620. The molecular formula is C10H8BrF. The number of benzene rings is 1. The first-order chi connectivity index (χ1) is 5.77. The molecule has 0 fully saturated rings. The predicted molar refractivity (Wildman–Crippen MR) is 51.5 cm³/mol. The van der Waals surface area contributed by atoms with Crippen LogP contribution in [0.25, 0.3) is 6.08 Å². The van der Waals surface area contributed by atoms with Crippen molar-refractivity contribution in [3.05, 3.63) is 39.6 Å². The molecule has 2 heteroatoms. The lowest BCUT2D eigenvalue weighted by Gasteiger charge is -2.11. The second-order valence-corrected chi connectivity index (χ2v) is 3.82. The van der Waals surface area contributed by atoms with Gasteiger partial charge in [0.25, 0.3) is 0 Å². The summed E-state index contributed by atoms with van der Waals surface area (Å²) < 4.78 is 14.1. The maximum Gasteiger partial charge on any atom is 0.131 e. The zero-order valence-electron chi connectivity index (χ0n) is 6.48. The Labute approximate surface area is 79.2 Å². The van der Waals surface area contributed by atoms with Crippen LogP contribution in [0.5, 0.6) is 0 Å². The summed E-state index contributed by atoms with van der Waals surface area (Å²) in [4.78, 5) is 0. The van der Waals surface area contributed by atoms with Gasteiger partial charge in [-0.15, -0.1) is 0 Å². The van der Waals surface area contributed by atoms with Crippen molar-refractivity contribution in [2.75, 3.05) is 0 Å². The van der Waals surface area contributed by atoms with Crippen LogP contribution in [0.15, 0.2) is 22.7 Å². The zero-order chi connectivity index (χ0) is 8.55. The Morgan fingerprint density at radius 2 is 2.17 bits per heavy atom. The average Bonchev–Trinajstić information content (AvgIpc) is 2.04. The van der Waals surface area contributed by atoms with Crippen molar-refractivity contribution in [1.82, 2.24) is 0 Å². The molecule has 0 bridgehead atoms. The number of allylic oxidation sites excluding steroid dienone is 1. The molecule has 0 nitrogen and oxygen atoms in total. The summed E-state index contributed by atoms with van der Waals surface area (Å²) in [5.41, 5.74) is 1.86. The van der Waals surface area contributed by atoms with Gasteiger partial charge in [0.1, 0.15) is 5.82 Å². The molecule has 0 saturated carbocycles. The Morgan fingerprint density at radius 1 is 1.33 bits per heavy atom. The topological polar surface area (TPSA) is 0 Å². The number of hydrogen-bond acceptors (Lipinski definition) is 0. The first-order valence-electron chi connectivity index (χ1n) is 3.92. The number of hydrogen-bond donors (Lipinski definition) is 0. The van der Waals surface area contributed by atoms with E-state index in [1.165, 1.54) is 6.07 Å². The molecule has 0 unspecified atom stereocenters. The van der Waals surface area contributed by atoms with Gasteiger partial charge in [0, 0.05) is 10.0 Å². The third kappa shape index (κ3) is 1.31. The summed E-state index contributed by atoms with van der Waals surface area (Å²) in [6, 6.07) is 3.50. The highest BCUT2D eigenvalue weighted by Crippen LogP contribution is 2.25. The molecule has 12 heavy (non-hydrogen) atoms. The normalized spacial score (nSPS) is 14.5. The largest absolute Gasteiger partial charge is 0.206 e. The van der Waals surface area contributed by atoms with E-state index in [4.69, 9.17) is 0 Å². The first-order valence-corrected chi connectivity index (χ1v) is 4.71. The van der Waals surface area contributed by atoms with Crippen LogP contribution >= 0.6 is 15.9 Å². The monoisotopic (exact) mass is 226 g/mol. The van der Waals surface area contributed by atoms with Gasteiger partial charge in [-0.25, -0.2) is 4.39 Å².